The molecular formula is C11H23O2Si. The minimum atomic E-state index is -0.937. The van der Waals surface area contributed by atoms with Crippen molar-refractivity contribution in [2.24, 2.45) is 0 Å². The van der Waals surface area contributed by atoms with Gasteiger partial charge in [0.1, 0.15) is 0 Å². The van der Waals surface area contributed by atoms with Crippen LogP contribution in [0.25, 0.3) is 0 Å². The molecular weight excluding hydrogens is 192 g/mol. The fraction of sp³-hybridized carbons (Fsp3) is 0.818. The minimum Gasteiger partial charge on any atom is -0.397 e. The lowest BCUT2D eigenvalue weighted by molar-refractivity contribution is 0.276. The highest BCUT2D eigenvalue weighted by Crippen LogP contribution is 2.09. The molecule has 3 heteroatoms. The molecule has 0 fully saturated rings. The quantitative estimate of drug-likeness (QED) is 0.316. The highest BCUT2D eigenvalue weighted by atomic mass is 28.3. The van der Waals surface area contributed by atoms with E-state index in [2.05, 4.69) is 6.58 Å². The molecule has 0 aliphatic carbocycles. The van der Waals surface area contributed by atoms with E-state index in [1.165, 1.54) is 32.1 Å². The lowest BCUT2D eigenvalue weighted by Crippen LogP contribution is -2.18. The highest BCUT2D eigenvalue weighted by Gasteiger charge is 2.10. The number of hydrogen-bond acceptors (Lipinski definition) is 2. The van der Waals surface area contributed by atoms with Crippen molar-refractivity contribution < 1.29 is 8.85 Å². The molecule has 0 aromatic carbocycles. The maximum atomic E-state index is 5.21. The van der Waals surface area contributed by atoms with E-state index in [1.54, 1.807) is 14.2 Å². The number of allylic oxidation sites excluding steroid dienone is 1. The molecule has 0 aliphatic heterocycles. The molecule has 0 rings (SSSR count). The molecule has 0 aromatic heterocycles. The van der Waals surface area contributed by atoms with E-state index in [-0.39, 0.29) is 0 Å². The van der Waals surface area contributed by atoms with Crippen molar-refractivity contribution in [2.45, 2.75) is 44.6 Å². The molecule has 0 aromatic rings. The van der Waals surface area contributed by atoms with Gasteiger partial charge >= 0.3 is 9.28 Å². The molecule has 83 valence electrons. The Bertz CT molecular complexity index is 124. The zero-order valence-corrected chi connectivity index (χ0v) is 10.6. The minimum absolute atomic E-state index is 0.937. The monoisotopic (exact) mass is 215 g/mol. The van der Waals surface area contributed by atoms with Crippen molar-refractivity contribution >= 4 is 9.28 Å². The van der Waals surface area contributed by atoms with Crippen molar-refractivity contribution in [2.75, 3.05) is 14.2 Å². The van der Waals surface area contributed by atoms with Gasteiger partial charge in [0.25, 0.3) is 0 Å². The summed E-state index contributed by atoms with van der Waals surface area (Å²) in [6.07, 6.45) is 9.64. The van der Waals surface area contributed by atoms with Crippen molar-refractivity contribution in [1.29, 1.82) is 0 Å². The second kappa shape index (κ2) is 11.0. The predicted octanol–water partition coefficient (Wildman–Crippen LogP) is 3.29. The summed E-state index contributed by atoms with van der Waals surface area (Å²) in [6.45, 7) is 3.71. The Hall–Kier alpha value is -0.123. The summed E-state index contributed by atoms with van der Waals surface area (Å²) in [5.74, 6) is 0. The van der Waals surface area contributed by atoms with E-state index >= 15 is 0 Å². The van der Waals surface area contributed by atoms with Crippen molar-refractivity contribution in [3.63, 3.8) is 0 Å². The van der Waals surface area contributed by atoms with Crippen LogP contribution in [-0.4, -0.2) is 23.5 Å². The molecule has 0 spiro atoms. The van der Waals surface area contributed by atoms with Crippen LogP contribution >= 0.6 is 0 Å². The van der Waals surface area contributed by atoms with Crippen LogP contribution in [0.3, 0.4) is 0 Å². The summed E-state index contributed by atoms with van der Waals surface area (Å²) in [5, 5.41) is 0. The Kier molecular flexibility index (Phi) is 10.9. The summed E-state index contributed by atoms with van der Waals surface area (Å²) in [5.41, 5.74) is 0. The zero-order chi connectivity index (χ0) is 10.6. The lowest BCUT2D eigenvalue weighted by Gasteiger charge is -2.08. The molecule has 0 atom stereocenters. The van der Waals surface area contributed by atoms with Crippen molar-refractivity contribution in [1.82, 2.24) is 0 Å². The zero-order valence-electron chi connectivity index (χ0n) is 9.55. The summed E-state index contributed by atoms with van der Waals surface area (Å²) < 4.78 is 10.4. The van der Waals surface area contributed by atoms with Crippen LogP contribution in [0.4, 0.5) is 0 Å². The molecule has 1 radical (unpaired) electrons. The maximum Gasteiger partial charge on any atom is 0.384 e. The van der Waals surface area contributed by atoms with Gasteiger partial charge in [0, 0.05) is 14.2 Å². The van der Waals surface area contributed by atoms with Gasteiger partial charge in [-0.05, 0) is 18.9 Å². The maximum absolute atomic E-state index is 5.21. The van der Waals surface area contributed by atoms with Crippen LogP contribution in [0.1, 0.15) is 38.5 Å². The van der Waals surface area contributed by atoms with E-state index in [1.807, 2.05) is 6.08 Å². The number of unbranched alkanes of at least 4 members (excludes halogenated alkanes) is 5. The highest BCUT2D eigenvalue weighted by molar-refractivity contribution is 6.44. The third-order valence-electron chi connectivity index (χ3n) is 2.24. The molecule has 2 nitrogen and oxygen atoms in total. The predicted molar refractivity (Wildman–Crippen MR) is 62.5 cm³/mol. The first-order chi connectivity index (χ1) is 6.85. The fourth-order valence-corrected chi connectivity index (χ4v) is 2.49. The normalized spacial score (nSPS) is 10.8. The third-order valence-corrected chi connectivity index (χ3v) is 3.92. The molecule has 0 amide bonds. The topological polar surface area (TPSA) is 18.5 Å². The van der Waals surface area contributed by atoms with Crippen LogP contribution < -0.4 is 0 Å². The third kappa shape index (κ3) is 8.47. The van der Waals surface area contributed by atoms with Gasteiger partial charge in [0.15, 0.2) is 0 Å². The first kappa shape index (κ1) is 13.9. The van der Waals surface area contributed by atoms with Crippen LogP contribution in [0.15, 0.2) is 12.7 Å². The van der Waals surface area contributed by atoms with Gasteiger partial charge in [-0.1, -0.05) is 31.8 Å². The summed E-state index contributed by atoms with van der Waals surface area (Å²) in [6, 6.07) is 1.11. The standard InChI is InChI=1S/C11H23O2Si/c1-4-5-6-7-8-9-10-11-14(12-2)13-3/h4H,1,5-11H2,2-3H3. The van der Waals surface area contributed by atoms with Gasteiger partial charge in [-0.15, -0.1) is 6.58 Å². The van der Waals surface area contributed by atoms with E-state index in [0.717, 1.165) is 12.5 Å². The number of rotatable bonds is 10. The molecule has 0 unspecified atom stereocenters. The molecule has 0 saturated heterocycles. The van der Waals surface area contributed by atoms with Gasteiger partial charge in [-0.25, -0.2) is 0 Å². The van der Waals surface area contributed by atoms with Gasteiger partial charge in [0.05, 0.1) is 0 Å². The van der Waals surface area contributed by atoms with E-state index in [4.69, 9.17) is 8.85 Å². The van der Waals surface area contributed by atoms with Crippen LogP contribution in [-0.2, 0) is 8.85 Å². The van der Waals surface area contributed by atoms with Gasteiger partial charge in [-0.3, -0.25) is 0 Å². The van der Waals surface area contributed by atoms with Gasteiger partial charge in [-0.2, -0.15) is 0 Å². The van der Waals surface area contributed by atoms with E-state index < -0.39 is 9.28 Å². The van der Waals surface area contributed by atoms with E-state index in [9.17, 15) is 0 Å². The molecule has 0 saturated carbocycles. The Balaban J connectivity index is 3.08. The van der Waals surface area contributed by atoms with Gasteiger partial charge < -0.3 is 8.85 Å². The van der Waals surface area contributed by atoms with Crippen molar-refractivity contribution in [3.8, 4) is 0 Å². The Morgan fingerprint density at radius 2 is 1.57 bits per heavy atom. The smallest absolute Gasteiger partial charge is 0.384 e. The lowest BCUT2D eigenvalue weighted by atomic mass is 10.1. The average molecular weight is 215 g/mol. The first-order valence-electron chi connectivity index (χ1n) is 5.39. The average Bonchev–Trinajstić information content (AvgIpc) is 2.22. The van der Waals surface area contributed by atoms with Gasteiger partial charge in [0.2, 0.25) is 0 Å². The van der Waals surface area contributed by atoms with Crippen LogP contribution in [0.2, 0.25) is 6.04 Å². The molecule has 0 N–H and O–H groups in total. The summed E-state index contributed by atoms with van der Waals surface area (Å²) in [7, 11) is 2.54. The van der Waals surface area contributed by atoms with Crippen molar-refractivity contribution in [3.05, 3.63) is 12.7 Å². The molecule has 0 bridgehead atoms. The summed E-state index contributed by atoms with van der Waals surface area (Å²) >= 11 is 0. The fourth-order valence-electron chi connectivity index (χ4n) is 1.38. The van der Waals surface area contributed by atoms with E-state index in [0.29, 0.717) is 0 Å². The summed E-state index contributed by atoms with van der Waals surface area (Å²) in [4.78, 5) is 0. The first-order valence-corrected chi connectivity index (χ1v) is 6.92. The second-order valence-corrected chi connectivity index (χ2v) is 5.44. The molecule has 14 heavy (non-hydrogen) atoms. The SMILES string of the molecule is C=CCCCCCCC[Si](OC)OC. The Labute approximate surface area is 90.2 Å². The molecule has 0 heterocycles. The van der Waals surface area contributed by atoms with Crippen LogP contribution in [0, 0.1) is 0 Å². The second-order valence-electron chi connectivity index (χ2n) is 3.38. The number of hydrogen-bond donors (Lipinski definition) is 0. The largest absolute Gasteiger partial charge is 0.397 e. The Morgan fingerprint density at radius 3 is 2.14 bits per heavy atom. The van der Waals surface area contributed by atoms with Crippen LogP contribution in [0.5, 0.6) is 0 Å². The molecule has 0 aliphatic rings. The Morgan fingerprint density at radius 1 is 1.00 bits per heavy atom.